The van der Waals surface area contributed by atoms with Gasteiger partial charge >= 0.3 is 0 Å². The number of piperidine rings is 1. The van der Waals surface area contributed by atoms with Crippen molar-refractivity contribution in [2.24, 2.45) is 11.8 Å². The highest BCUT2D eigenvalue weighted by Crippen LogP contribution is 2.40. The topological polar surface area (TPSA) is 76.0 Å². The number of likely N-dealkylation sites (N-methyl/N-ethyl adjacent to an activating group) is 1. The fourth-order valence-corrected chi connectivity index (χ4v) is 5.75. The number of carbonyl (C=O) groups excluding carboxylic acids is 1. The van der Waals surface area contributed by atoms with E-state index in [1.807, 2.05) is 25.2 Å². The molecule has 2 aliphatic heterocycles. The van der Waals surface area contributed by atoms with Gasteiger partial charge in [0.2, 0.25) is 5.91 Å². The van der Waals surface area contributed by atoms with Crippen LogP contribution in [0.25, 0.3) is 0 Å². The number of phenolic OH excluding ortho intramolecular Hbond substituents is 2. The molecule has 0 spiro atoms. The molecule has 2 heterocycles. The van der Waals surface area contributed by atoms with Crippen LogP contribution in [0.2, 0.25) is 0 Å². The Bertz CT molecular complexity index is 1060. The molecule has 6 nitrogen and oxygen atoms in total. The molecule has 1 fully saturated rings. The Labute approximate surface area is 210 Å². The predicted molar refractivity (Wildman–Crippen MR) is 140 cm³/mol. The van der Waals surface area contributed by atoms with Crippen LogP contribution in [0.5, 0.6) is 11.5 Å². The highest BCUT2D eigenvalue weighted by atomic mass is 16.3. The number of hydrogen-bond acceptors (Lipinski definition) is 5. The average molecular weight is 480 g/mol. The number of hydrogen-bond donors (Lipinski definition) is 3. The SMILES string of the molecule is CC(C)[C@@H](CN1CC[C@@](C)(c2cccc(O)c2)[C@@H](C)C1)NC(=O)[C@H]1Cc2ccc(O)cc2CN1C. The summed E-state index contributed by atoms with van der Waals surface area (Å²) in [6.45, 7) is 12.4. The van der Waals surface area contributed by atoms with Crippen molar-refractivity contribution >= 4 is 5.91 Å². The van der Waals surface area contributed by atoms with E-state index >= 15 is 0 Å². The molecule has 4 rings (SSSR count). The summed E-state index contributed by atoms with van der Waals surface area (Å²) in [5, 5.41) is 23.2. The lowest BCUT2D eigenvalue weighted by atomic mass is 9.68. The van der Waals surface area contributed by atoms with E-state index in [0.29, 0.717) is 30.6 Å². The summed E-state index contributed by atoms with van der Waals surface area (Å²) in [6, 6.07) is 13.0. The average Bonchev–Trinajstić information content (AvgIpc) is 2.80. The number of fused-ring (bicyclic) bond motifs is 1. The van der Waals surface area contributed by atoms with Gasteiger partial charge in [-0.2, -0.15) is 0 Å². The van der Waals surface area contributed by atoms with Crippen LogP contribution in [0.15, 0.2) is 42.5 Å². The van der Waals surface area contributed by atoms with Crippen molar-refractivity contribution in [2.45, 2.75) is 64.6 Å². The maximum atomic E-state index is 13.4. The second kappa shape index (κ2) is 10.2. The van der Waals surface area contributed by atoms with Gasteiger partial charge in [-0.1, -0.05) is 45.9 Å². The van der Waals surface area contributed by atoms with Crippen molar-refractivity contribution in [3.63, 3.8) is 0 Å². The molecule has 4 atom stereocenters. The molecule has 0 aromatic heterocycles. The van der Waals surface area contributed by atoms with Gasteiger partial charge in [0.1, 0.15) is 11.5 Å². The summed E-state index contributed by atoms with van der Waals surface area (Å²) in [4.78, 5) is 18.0. The standard InChI is InChI=1S/C29H41N3O3/c1-19(2)26(30-28(35)27-14-21-9-10-25(34)13-22(21)17-31(27)5)18-32-12-11-29(4,20(3)16-32)23-7-6-8-24(33)15-23/h6-10,13,15,19-20,26-27,33-34H,11-12,14,16-18H2,1-5H3,(H,30,35)/t20-,26+,27+,29+/m0/s1. The normalized spacial score (nSPS) is 26.3. The van der Waals surface area contributed by atoms with Crippen LogP contribution in [0.1, 0.15) is 50.8 Å². The fraction of sp³-hybridized carbons (Fsp3) is 0.552. The summed E-state index contributed by atoms with van der Waals surface area (Å²) in [5.74, 6) is 1.44. The molecule has 2 aliphatic rings. The van der Waals surface area contributed by atoms with Crippen LogP contribution in [-0.4, -0.2) is 64.7 Å². The van der Waals surface area contributed by atoms with Crippen molar-refractivity contribution in [1.82, 2.24) is 15.1 Å². The molecule has 0 unspecified atom stereocenters. The van der Waals surface area contributed by atoms with Crippen molar-refractivity contribution in [1.29, 1.82) is 0 Å². The van der Waals surface area contributed by atoms with Gasteiger partial charge in [-0.05, 0) is 84.6 Å². The van der Waals surface area contributed by atoms with Crippen molar-refractivity contribution in [3.8, 4) is 11.5 Å². The molecular formula is C29H41N3O3. The van der Waals surface area contributed by atoms with E-state index in [0.717, 1.165) is 37.2 Å². The smallest absolute Gasteiger partial charge is 0.237 e. The second-order valence-electron chi connectivity index (χ2n) is 11.3. The first-order valence-electron chi connectivity index (χ1n) is 12.9. The van der Waals surface area contributed by atoms with E-state index in [2.05, 4.69) is 48.9 Å². The molecule has 0 saturated carbocycles. The summed E-state index contributed by atoms with van der Waals surface area (Å²) in [7, 11) is 1.98. The van der Waals surface area contributed by atoms with Crippen LogP contribution in [0.3, 0.4) is 0 Å². The summed E-state index contributed by atoms with van der Waals surface area (Å²) in [5.41, 5.74) is 3.46. The molecule has 1 saturated heterocycles. The number of aromatic hydroxyl groups is 2. The van der Waals surface area contributed by atoms with Crippen LogP contribution in [0, 0.1) is 11.8 Å². The number of rotatable bonds is 6. The number of amides is 1. The third-order valence-corrected chi connectivity index (χ3v) is 8.52. The maximum absolute atomic E-state index is 13.4. The minimum Gasteiger partial charge on any atom is -0.508 e. The summed E-state index contributed by atoms with van der Waals surface area (Å²) >= 11 is 0. The van der Waals surface area contributed by atoms with E-state index in [-0.39, 0.29) is 29.2 Å². The van der Waals surface area contributed by atoms with Crippen LogP contribution < -0.4 is 5.32 Å². The maximum Gasteiger partial charge on any atom is 0.237 e. The van der Waals surface area contributed by atoms with E-state index in [1.165, 1.54) is 5.56 Å². The zero-order valence-corrected chi connectivity index (χ0v) is 21.8. The van der Waals surface area contributed by atoms with E-state index in [4.69, 9.17) is 0 Å². The Balaban J connectivity index is 1.39. The van der Waals surface area contributed by atoms with Gasteiger partial charge in [-0.3, -0.25) is 9.69 Å². The monoisotopic (exact) mass is 479 g/mol. The summed E-state index contributed by atoms with van der Waals surface area (Å²) in [6.07, 6.45) is 1.68. The van der Waals surface area contributed by atoms with Gasteiger partial charge in [0.05, 0.1) is 6.04 Å². The van der Waals surface area contributed by atoms with E-state index in [9.17, 15) is 15.0 Å². The zero-order chi connectivity index (χ0) is 25.3. The summed E-state index contributed by atoms with van der Waals surface area (Å²) < 4.78 is 0. The van der Waals surface area contributed by atoms with Crippen molar-refractivity contribution < 1.29 is 15.0 Å². The largest absolute Gasteiger partial charge is 0.508 e. The van der Waals surface area contributed by atoms with Gasteiger partial charge < -0.3 is 20.4 Å². The molecule has 0 bridgehead atoms. The Morgan fingerprint density at radius 3 is 2.57 bits per heavy atom. The fourth-order valence-electron chi connectivity index (χ4n) is 5.75. The number of phenols is 2. The first-order valence-corrected chi connectivity index (χ1v) is 12.9. The van der Waals surface area contributed by atoms with E-state index < -0.39 is 0 Å². The van der Waals surface area contributed by atoms with Gasteiger partial charge in [-0.25, -0.2) is 0 Å². The minimum atomic E-state index is -0.206. The van der Waals surface area contributed by atoms with Crippen molar-refractivity contribution in [2.75, 3.05) is 26.7 Å². The number of likely N-dealkylation sites (tertiary alicyclic amines) is 1. The Morgan fingerprint density at radius 1 is 1.14 bits per heavy atom. The second-order valence-corrected chi connectivity index (χ2v) is 11.3. The molecule has 1 amide bonds. The quantitative estimate of drug-likeness (QED) is 0.586. The molecule has 2 aromatic rings. The molecule has 0 radical (unpaired) electrons. The lowest BCUT2D eigenvalue weighted by Gasteiger charge is -2.46. The Kier molecular flexibility index (Phi) is 7.43. The lowest BCUT2D eigenvalue weighted by Crippen LogP contribution is -2.56. The van der Waals surface area contributed by atoms with Gasteiger partial charge in [0.15, 0.2) is 0 Å². The van der Waals surface area contributed by atoms with Crippen LogP contribution in [-0.2, 0) is 23.2 Å². The van der Waals surface area contributed by atoms with Crippen molar-refractivity contribution in [3.05, 3.63) is 59.2 Å². The Hall–Kier alpha value is -2.57. The van der Waals surface area contributed by atoms with Crippen LogP contribution in [0.4, 0.5) is 0 Å². The first kappa shape index (κ1) is 25.5. The molecular weight excluding hydrogens is 438 g/mol. The molecule has 35 heavy (non-hydrogen) atoms. The Morgan fingerprint density at radius 2 is 1.89 bits per heavy atom. The number of nitrogens with one attached hydrogen (secondary N) is 1. The van der Waals surface area contributed by atoms with Crippen LogP contribution >= 0.6 is 0 Å². The number of nitrogens with zero attached hydrogens (tertiary/aromatic N) is 2. The van der Waals surface area contributed by atoms with Gasteiger partial charge in [0.25, 0.3) is 0 Å². The molecule has 2 aromatic carbocycles. The van der Waals surface area contributed by atoms with E-state index in [1.54, 1.807) is 18.2 Å². The van der Waals surface area contributed by atoms with Gasteiger partial charge in [0, 0.05) is 25.7 Å². The zero-order valence-electron chi connectivity index (χ0n) is 21.8. The molecule has 3 N–H and O–H groups in total. The molecule has 190 valence electrons. The molecule has 6 heteroatoms. The first-order chi connectivity index (χ1) is 16.6. The third kappa shape index (κ3) is 5.49. The highest BCUT2D eigenvalue weighted by molar-refractivity contribution is 5.82. The minimum absolute atomic E-state index is 0.0262. The lowest BCUT2D eigenvalue weighted by molar-refractivity contribution is -0.127. The highest BCUT2D eigenvalue weighted by Gasteiger charge is 2.39. The third-order valence-electron chi connectivity index (χ3n) is 8.52. The number of carbonyl (C=O) groups is 1. The van der Waals surface area contributed by atoms with Gasteiger partial charge in [-0.15, -0.1) is 0 Å². The number of benzene rings is 2. The molecule has 0 aliphatic carbocycles. The predicted octanol–water partition coefficient (Wildman–Crippen LogP) is 3.89.